The summed E-state index contributed by atoms with van der Waals surface area (Å²) in [7, 11) is 0. The van der Waals surface area contributed by atoms with Crippen LogP contribution >= 0.6 is 0 Å². The molecule has 9 heteroatoms. The van der Waals surface area contributed by atoms with E-state index in [1.165, 1.54) is 18.3 Å². The van der Waals surface area contributed by atoms with Crippen LogP contribution < -0.4 is 10.5 Å². The van der Waals surface area contributed by atoms with E-state index in [0.29, 0.717) is 46.8 Å². The lowest BCUT2D eigenvalue weighted by atomic mass is 9.79. The fraction of sp³-hybridized carbons (Fsp3) is 0.120. The Labute approximate surface area is 193 Å². The Morgan fingerprint density at radius 3 is 2.56 bits per heavy atom. The summed E-state index contributed by atoms with van der Waals surface area (Å²) < 4.78 is 40.0. The zero-order valence-electron chi connectivity index (χ0n) is 17.7. The monoisotopic (exact) mass is 457 g/mol. The van der Waals surface area contributed by atoms with Crippen LogP contribution in [0.4, 0.5) is 8.78 Å². The molecule has 0 aliphatic carbocycles. The summed E-state index contributed by atoms with van der Waals surface area (Å²) in [5.74, 6) is 0.0320. The molecule has 168 valence electrons. The van der Waals surface area contributed by atoms with Crippen LogP contribution in [0.1, 0.15) is 17.5 Å². The molecule has 0 unspecified atom stereocenters. The van der Waals surface area contributed by atoms with E-state index in [1.54, 1.807) is 24.5 Å². The lowest BCUT2D eigenvalue weighted by molar-refractivity contribution is 0.0636. The summed E-state index contributed by atoms with van der Waals surface area (Å²) in [6.45, 7) is 0.429. The van der Waals surface area contributed by atoms with E-state index < -0.39 is 17.4 Å². The van der Waals surface area contributed by atoms with Crippen molar-refractivity contribution in [3.8, 4) is 33.9 Å². The smallest absolute Gasteiger partial charge is 0.283 e. The average molecular weight is 457 g/mol. The van der Waals surface area contributed by atoms with Crippen LogP contribution in [0.3, 0.4) is 0 Å². The molecule has 0 bridgehead atoms. The van der Waals surface area contributed by atoms with Crippen LogP contribution in [0.5, 0.6) is 11.5 Å². The highest BCUT2D eigenvalue weighted by molar-refractivity contribution is 5.76. The molecule has 3 aromatic heterocycles. The second-order valence-electron chi connectivity index (χ2n) is 8.04. The molecule has 2 aliphatic rings. The second kappa shape index (κ2) is 7.58. The van der Waals surface area contributed by atoms with Crippen molar-refractivity contribution in [2.45, 2.75) is 12.0 Å². The topological polar surface area (TPSA) is 95.5 Å². The maximum atomic E-state index is 13.8. The number of aliphatic imine (C=N–C) groups is 1. The van der Waals surface area contributed by atoms with Crippen LogP contribution in [0.25, 0.3) is 22.4 Å². The van der Waals surface area contributed by atoms with E-state index in [9.17, 15) is 8.78 Å². The van der Waals surface area contributed by atoms with Gasteiger partial charge in [-0.1, -0.05) is 6.07 Å². The fourth-order valence-electron chi connectivity index (χ4n) is 4.47. The van der Waals surface area contributed by atoms with E-state index >= 15 is 0 Å². The third-order valence-corrected chi connectivity index (χ3v) is 6.01. The van der Waals surface area contributed by atoms with Crippen molar-refractivity contribution in [3.63, 3.8) is 0 Å². The van der Waals surface area contributed by atoms with Gasteiger partial charge in [0.2, 0.25) is 5.95 Å². The van der Waals surface area contributed by atoms with Gasteiger partial charge in [-0.25, -0.2) is 14.4 Å². The van der Waals surface area contributed by atoms with Gasteiger partial charge in [0.05, 0.1) is 18.1 Å². The molecule has 0 amide bonds. The van der Waals surface area contributed by atoms with Crippen LogP contribution in [-0.2, 0) is 10.3 Å². The number of pyridine rings is 3. The minimum atomic E-state index is -1.02. The van der Waals surface area contributed by atoms with Crippen LogP contribution in [0.15, 0.2) is 72.2 Å². The van der Waals surface area contributed by atoms with Gasteiger partial charge in [0, 0.05) is 53.7 Å². The normalized spacial score (nSPS) is 18.4. The Kier molecular flexibility index (Phi) is 4.51. The number of nitrogens with zero attached hydrogens (tertiary/aromatic N) is 4. The van der Waals surface area contributed by atoms with Crippen molar-refractivity contribution in [3.05, 3.63) is 90.1 Å². The number of aromatic nitrogens is 3. The van der Waals surface area contributed by atoms with Gasteiger partial charge in [-0.05, 0) is 35.9 Å². The van der Waals surface area contributed by atoms with Crippen molar-refractivity contribution >= 4 is 6.02 Å². The summed E-state index contributed by atoms with van der Waals surface area (Å²) in [4.78, 5) is 16.2. The Morgan fingerprint density at radius 2 is 1.74 bits per heavy atom. The first kappa shape index (κ1) is 20.2. The molecule has 0 radical (unpaired) electrons. The lowest BCUT2D eigenvalue weighted by Gasteiger charge is -2.41. The zero-order chi connectivity index (χ0) is 23.3. The highest BCUT2D eigenvalue weighted by atomic mass is 19.1. The molecule has 4 aromatic rings. The molecule has 0 saturated carbocycles. The summed E-state index contributed by atoms with van der Waals surface area (Å²) in [6.07, 6.45) is 6.20. The zero-order valence-corrected chi connectivity index (χ0v) is 17.7. The number of rotatable bonds is 2. The number of benzene rings is 1. The molecule has 1 aromatic carbocycles. The van der Waals surface area contributed by atoms with Crippen molar-refractivity contribution in [2.24, 2.45) is 10.7 Å². The largest absolute Gasteiger partial charge is 0.455 e. The third kappa shape index (κ3) is 3.24. The lowest BCUT2D eigenvalue weighted by Crippen LogP contribution is -2.42. The number of hydrogen-bond donors (Lipinski definition) is 1. The van der Waals surface area contributed by atoms with Crippen LogP contribution in [-0.4, -0.2) is 27.5 Å². The molecule has 34 heavy (non-hydrogen) atoms. The maximum Gasteiger partial charge on any atom is 0.283 e. The van der Waals surface area contributed by atoms with Crippen molar-refractivity contribution < 1.29 is 18.3 Å². The molecule has 2 N–H and O–H groups in total. The van der Waals surface area contributed by atoms with E-state index in [1.807, 2.05) is 18.2 Å². The van der Waals surface area contributed by atoms with Crippen LogP contribution in [0, 0.1) is 11.8 Å². The molecule has 2 aliphatic heterocycles. The quantitative estimate of drug-likeness (QED) is 0.443. The number of amidine groups is 1. The second-order valence-corrected chi connectivity index (χ2v) is 8.04. The summed E-state index contributed by atoms with van der Waals surface area (Å²) in [5.41, 5.74) is 8.89. The molecule has 1 atom stereocenters. The predicted molar refractivity (Wildman–Crippen MR) is 120 cm³/mol. The van der Waals surface area contributed by atoms with Crippen molar-refractivity contribution in [1.82, 2.24) is 15.0 Å². The average Bonchev–Trinajstić information content (AvgIpc) is 2.84. The highest BCUT2D eigenvalue weighted by Gasteiger charge is 2.47. The Balaban J connectivity index is 1.55. The minimum absolute atomic E-state index is 0.0520. The van der Waals surface area contributed by atoms with E-state index in [2.05, 4.69) is 19.9 Å². The van der Waals surface area contributed by atoms with E-state index in [-0.39, 0.29) is 6.02 Å². The number of hydrogen-bond acceptors (Lipinski definition) is 7. The van der Waals surface area contributed by atoms with Gasteiger partial charge in [0.25, 0.3) is 6.02 Å². The molecular weight excluding hydrogens is 440 g/mol. The van der Waals surface area contributed by atoms with Gasteiger partial charge in [-0.2, -0.15) is 4.39 Å². The van der Waals surface area contributed by atoms with E-state index in [4.69, 9.17) is 15.2 Å². The molecule has 5 heterocycles. The number of nitrogens with two attached hydrogens (primary N) is 1. The number of fused-ring (bicyclic) bond motifs is 4. The Bertz CT molecular complexity index is 1380. The van der Waals surface area contributed by atoms with Gasteiger partial charge in [0.1, 0.15) is 11.6 Å². The van der Waals surface area contributed by atoms with Gasteiger partial charge >= 0.3 is 0 Å². The third-order valence-electron chi connectivity index (χ3n) is 6.01. The van der Waals surface area contributed by atoms with Gasteiger partial charge in [-0.15, -0.1) is 0 Å². The SMILES string of the molecule is NC1=NCC[C@]2(O1)c1cc(-c3cncc(F)c3)ccc1Oc1cnc(-c3ccnc(F)c3)cc12. The van der Waals surface area contributed by atoms with Crippen molar-refractivity contribution in [1.29, 1.82) is 0 Å². The standard InChI is InChI=1S/C25H17F2N5O2/c26-17-7-16(11-29-12-17)14-1-2-21-18(8-14)25(4-6-31-24(28)34-25)19-10-20(32-13-22(19)33-21)15-3-5-30-23(27)9-15/h1-3,5,7-13H,4,6H2,(H2,28,31)/t25-/m0/s1. The molecule has 0 fully saturated rings. The molecule has 7 nitrogen and oxygen atoms in total. The first-order chi connectivity index (χ1) is 16.5. The first-order valence-electron chi connectivity index (χ1n) is 10.6. The Morgan fingerprint density at radius 1 is 0.853 bits per heavy atom. The maximum absolute atomic E-state index is 13.8. The summed E-state index contributed by atoms with van der Waals surface area (Å²) in [5, 5.41) is 0. The molecular formula is C25H17F2N5O2. The first-order valence-corrected chi connectivity index (χ1v) is 10.6. The van der Waals surface area contributed by atoms with Gasteiger partial charge in [-0.3, -0.25) is 9.97 Å². The highest BCUT2D eigenvalue weighted by Crippen LogP contribution is 2.52. The molecule has 0 saturated heterocycles. The summed E-state index contributed by atoms with van der Waals surface area (Å²) in [6, 6.07) is 11.8. The fourth-order valence-corrected chi connectivity index (χ4v) is 4.47. The van der Waals surface area contributed by atoms with Gasteiger partial charge in [0.15, 0.2) is 11.4 Å². The molecule has 6 rings (SSSR count). The number of ether oxygens (including phenoxy) is 2. The Hall–Kier alpha value is -4.40. The van der Waals surface area contributed by atoms with E-state index in [0.717, 1.165) is 17.3 Å². The minimum Gasteiger partial charge on any atom is -0.455 e. The number of halogens is 2. The van der Waals surface area contributed by atoms with Gasteiger partial charge < -0.3 is 15.2 Å². The predicted octanol–water partition coefficient (Wildman–Crippen LogP) is 4.57. The van der Waals surface area contributed by atoms with Crippen molar-refractivity contribution in [2.75, 3.05) is 6.54 Å². The van der Waals surface area contributed by atoms with Crippen LogP contribution in [0.2, 0.25) is 0 Å². The molecule has 1 spiro atoms. The summed E-state index contributed by atoms with van der Waals surface area (Å²) >= 11 is 0.